The van der Waals surface area contributed by atoms with Crippen molar-refractivity contribution in [1.29, 1.82) is 0 Å². The fraction of sp³-hybridized carbons (Fsp3) is 0.400. The van der Waals surface area contributed by atoms with E-state index in [-0.39, 0.29) is 5.91 Å². The molecule has 0 radical (unpaired) electrons. The smallest absolute Gasteiger partial charge is 0.237 e. The molecular formula is C5H6BrNOS. The summed E-state index contributed by atoms with van der Waals surface area (Å²) in [6.45, 7) is 0. The molecule has 0 spiro atoms. The van der Waals surface area contributed by atoms with Gasteiger partial charge in [0.1, 0.15) is 0 Å². The molecule has 50 valence electrons. The molecule has 0 aromatic rings. The first-order valence-corrected chi connectivity index (χ1v) is 4.65. The highest BCUT2D eigenvalue weighted by atomic mass is 79.9. The van der Waals surface area contributed by atoms with E-state index in [0.29, 0.717) is 5.33 Å². The molecule has 1 aliphatic rings. The average molecular weight is 208 g/mol. The molecule has 0 N–H and O–H groups in total. The average Bonchev–Trinajstić information content (AvgIpc) is 2.37. The molecule has 9 heavy (non-hydrogen) atoms. The predicted octanol–water partition coefficient (Wildman–Crippen LogP) is 1.39. The molecule has 0 bridgehead atoms. The third kappa shape index (κ3) is 1.72. The molecule has 2 nitrogen and oxygen atoms in total. The van der Waals surface area contributed by atoms with Gasteiger partial charge in [-0.2, -0.15) is 0 Å². The van der Waals surface area contributed by atoms with Crippen molar-refractivity contribution in [3.8, 4) is 0 Å². The van der Waals surface area contributed by atoms with Gasteiger partial charge in [0.15, 0.2) is 0 Å². The van der Waals surface area contributed by atoms with Crippen molar-refractivity contribution < 1.29 is 4.79 Å². The van der Waals surface area contributed by atoms with Crippen LogP contribution in [0.15, 0.2) is 11.6 Å². The Hall–Kier alpha value is 0.0400. The number of amides is 1. The number of halogens is 1. The fourth-order valence-corrected chi connectivity index (χ4v) is 1.55. The van der Waals surface area contributed by atoms with Gasteiger partial charge in [0, 0.05) is 6.20 Å². The zero-order valence-electron chi connectivity index (χ0n) is 4.71. The van der Waals surface area contributed by atoms with Crippen molar-refractivity contribution >= 4 is 33.6 Å². The van der Waals surface area contributed by atoms with Crippen molar-refractivity contribution in [2.75, 3.05) is 11.2 Å². The molecule has 1 heterocycles. The van der Waals surface area contributed by atoms with Crippen molar-refractivity contribution in [2.24, 2.45) is 0 Å². The van der Waals surface area contributed by atoms with Crippen molar-refractivity contribution in [2.45, 2.75) is 0 Å². The van der Waals surface area contributed by atoms with Crippen LogP contribution >= 0.6 is 27.7 Å². The third-order valence-corrected chi connectivity index (χ3v) is 2.21. The van der Waals surface area contributed by atoms with Crippen LogP contribution in [0.3, 0.4) is 0 Å². The summed E-state index contributed by atoms with van der Waals surface area (Å²) in [5.41, 5.74) is 0. The largest absolute Gasteiger partial charge is 0.308 e. The summed E-state index contributed by atoms with van der Waals surface area (Å²) in [4.78, 5) is 12.5. The lowest BCUT2D eigenvalue weighted by Crippen LogP contribution is -2.23. The molecule has 1 aliphatic heterocycles. The van der Waals surface area contributed by atoms with Gasteiger partial charge in [-0.25, -0.2) is 0 Å². The molecule has 4 heteroatoms. The quantitative estimate of drug-likeness (QED) is 0.607. The number of nitrogens with zero attached hydrogens (tertiary/aromatic N) is 1. The van der Waals surface area contributed by atoms with Crippen LogP contribution in [0.2, 0.25) is 0 Å². The SMILES string of the molecule is O=C(CBr)N1C=CSC1. The Morgan fingerprint density at radius 1 is 1.89 bits per heavy atom. The normalized spacial score (nSPS) is 16.8. The highest BCUT2D eigenvalue weighted by Gasteiger charge is 2.11. The van der Waals surface area contributed by atoms with E-state index in [1.807, 2.05) is 5.41 Å². The maximum atomic E-state index is 10.8. The molecule has 0 fully saturated rings. The molecule has 0 saturated carbocycles. The highest BCUT2D eigenvalue weighted by Crippen LogP contribution is 2.14. The molecule has 0 saturated heterocycles. The number of alkyl halides is 1. The van der Waals surface area contributed by atoms with E-state index >= 15 is 0 Å². The lowest BCUT2D eigenvalue weighted by molar-refractivity contribution is -0.124. The summed E-state index contributed by atoms with van der Waals surface area (Å²) in [6.07, 6.45) is 1.80. The first kappa shape index (κ1) is 7.15. The van der Waals surface area contributed by atoms with Gasteiger partial charge >= 0.3 is 0 Å². The van der Waals surface area contributed by atoms with Crippen molar-refractivity contribution in [3.63, 3.8) is 0 Å². The van der Waals surface area contributed by atoms with E-state index in [2.05, 4.69) is 15.9 Å². The van der Waals surface area contributed by atoms with Gasteiger partial charge < -0.3 is 4.90 Å². The van der Waals surface area contributed by atoms with Gasteiger partial charge in [-0.3, -0.25) is 4.79 Å². The number of thioether (sulfide) groups is 1. The minimum absolute atomic E-state index is 0.122. The van der Waals surface area contributed by atoms with E-state index in [1.165, 1.54) is 0 Å². The Balaban J connectivity index is 2.43. The molecule has 1 rings (SSSR count). The molecule has 0 atom stereocenters. The lowest BCUT2D eigenvalue weighted by atomic mass is 10.6. The van der Waals surface area contributed by atoms with Crippen LogP contribution in [0, 0.1) is 0 Å². The molecule has 0 aromatic carbocycles. The minimum atomic E-state index is 0.122. The number of carbonyl (C=O) groups excluding carboxylic acids is 1. The minimum Gasteiger partial charge on any atom is -0.308 e. The van der Waals surface area contributed by atoms with Gasteiger partial charge in [0.05, 0.1) is 11.2 Å². The summed E-state index contributed by atoms with van der Waals surface area (Å²) in [6, 6.07) is 0. The van der Waals surface area contributed by atoms with E-state index < -0.39 is 0 Å². The zero-order chi connectivity index (χ0) is 6.69. The Morgan fingerprint density at radius 2 is 2.67 bits per heavy atom. The summed E-state index contributed by atoms with van der Waals surface area (Å²) in [5.74, 6) is 0.890. The van der Waals surface area contributed by atoms with Crippen molar-refractivity contribution in [1.82, 2.24) is 4.90 Å². The number of rotatable bonds is 1. The summed E-state index contributed by atoms with van der Waals surface area (Å²) in [5, 5.41) is 2.33. The Bertz CT molecular complexity index is 148. The number of hydrogen-bond donors (Lipinski definition) is 0. The zero-order valence-corrected chi connectivity index (χ0v) is 7.11. The van der Waals surface area contributed by atoms with E-state index in [4.69, 9.17) is 0 Å². The van der Waals surface area contributed by atoms with Gasteiger partial charge in [-0.05, 0) is 5.41 Å². The highest BCUT2D eigenvalue weighted by molar-refractivity contribution is 9.09. The monoisotopic (exact) mass is 207 g/mol. The van der Waals surface area contributed by atoms with Gasteiger partial charge in [-0.15, -0.1) is 11.8 Å². The van der Waals surface area contributed by atoms with Crippen LogP contribution in [0.5, 0.6) is 0 Å². The molecule has 0 aromatic heterocycles. The fourth-order valence-electron chi connectivity index (χ4n) is 0.515. The second-order valence-electron chi connectivity index (χ2n) is 1.58. The summed E-state index contributed by atoms with van der Waals surface area (Å²) in [7, 11) is 0. The van der Waals surface area contributed by atoms with Crippen LogP contribution in [-0.4, -0.2) is 22.0 Å². The standard InChI is InChI=1S/C5H6BrNOS/c6-3-5(8)7-1-2-9-4-7/h1-2H,3-4H2. The Kier molecular flexibility index (Phi) is 2.60. The van der Waals surface area contributed by atoms with Crippen LogP contribution in [-0.2, 0) is 4.79 Å². The first-order valence-electron chi connectivity index (χ1n) is 2.48. The number of hydrogen-bond acceptors (Lipinski definition) is 2. The van der Waals surface area contributed by atoms with Gasteiger partial charge in [-0.1, -0.05) is 15.9 Å². The van der Waals surface area contributed by atoms with E-state index in [0.717, 1.165) is 5.88 Å². The first-order chi connectivity index (χ1) is 4.34. The molecule has 1 amide bonds. The Morgan fingerprint density at radius 3 is 3.11 bits per heavy atom. The topological polar surface area (TPSA) is 20.3 Å². The van der Waals surface area contributed by atoms with Gasteiger partial charge in [0.25, 0.3) is 0 Å². The van der Waals surface area contributed by atoms with Crippen LogP contribution in [0.1, 0.15) is 0 Å². The van der Waals surface area contributed by atoms with E-state index in [9.17, 15) is 4.79 Å². The van der Waals surface area contributed by atoms with Crippen LogP contribution in [0.25, 0.3) is 0 Å². The van der Waals surface area contributed by atoms with Crippen LogP contribution in [0.4, 0.5) is 0 Å². The molecule has 0 unspecified atom stereocenters. The predicted molar refractivity (Wildman–Crippen MR) is 42.2 cm³/mol. The molecular weight excluding hydrogens is 202 g/mol. The Labute approximate surface area is 66.4 Å². The summed E-state index contributed by atoms with van der Waals surface area (Å²) >= 11 is 4.72. The maximum Gasteiger partial charge on any atom is 0.237 e. The molecule has 0 aliphatic carbocycles. The second kappa shape index (κ2) is 3.27. The lowest BCUT2D eigenvalue weighted by Gasteiger charge is -2.08. The van der Waals surface area contributed by atoms with E-state index in [1.54, 1.807) is 22.9 Å². The third-order valence-electron chi connectivity index (χ3n) is 0.985. The maximum absolute atomic E-state index is 10.8. The number of carbonyl (C=O) groups is 1. The summed E-state index contributed by atoms with van der Waals surface area (Å²) < 4.78 is 0. The second-order valence-corrected chi connectivity index (χ2v) is 3.00. The van der Waals surface area contributed by atoms with Gasteiger partial charge in [0.2, 0.25) is 5.91 Å². The van der Waals surface area contributed by atoms with Crippen molar-refractivity contribution in [3.05, 3.63) is 11.6 Å². The van der Waals surface area contributed by atoms with Crippen LogP contribution < -0.4 is 0 Å².